The van der Waals surface area contributed by atoms with Gasteiger partial charge in [0.25, 0.3) is 0 Å². The fourth-order valence-electron chi connectivity index (χ4n) is 3.00. The van der Waals surface area contributed by atoms with Crippen molar-refractivity contribution in [2.24, 2.45) is 0 Å². The second-order valence-electron chi connectivity index (χ2n) is 7.12. The number of benzene rings is 2. The van der Waals surface area contributed by atoms with Crippen molar-refractivity contribution in [2.75, 3.05) is 5.32 Å². The lowest BCUT2D eigenvalue weighted by Crippen LogP contribution is -2.36. The average Bonchev–Trinajstić information content (AvgIpc) is 3.50. The van der Waals surface area contributed by atoms with Crippen LogP contribution >= 0.6 is 23.6 Å². The van der Waals surface area contributed by atoms with Crippen molar-refractivity contribution >= 4 is 34.4 Å². The molecule has 5 nitrogen and oxygen atoms in total. The number of aromatic nitrogens is 1. The topological polar surface area (TPSA) is 57.6 Å². The van der Waals surface area contributed by atoms with E-state index in [2.05, 4.69) is 15.2 Å². The zero-order valence-corrected chi connectivity index (χ0v) is 17.9. The SMILES string of the molecule is OCc1csc(COc2ccc(CN(C(=S)Nc3ccc(F)cc3)C3CC3)cc2)n1. The monoisotopic (exact) mass is 443 g/mol. The largest absolute Gasteiger partial charge is 0.486 e. The van der Waals surface area contributed by atoms with E-state index in [1.54, 1.807) is 12.1 Å². The van der Waals surface area contributed by atoms with Crippen LogP contribution in [0.3, 0.4) is 0 Å². The standard InChI is InChI=1S/C22H22FN3O2S2/c23-16-3-5-17(6-4-16)25-22(29)26(19-7-8-19)11-15-1-9-20(10-2-15)28-13-21-24-18(12-27)14-30-21/h1-6,9-10,14,19,27H,7-8,11-13H2,(H,25,29). The van der Waals surface area contributed by atoms with Crippen LogP contribution in [0.2, 0.25) is 0 Å². The number of hydrogen-bond acceptors (Lipinski definition) is 5. The molecular weight excluding hydrogens is 421 g/mol. The minimum absolute atomic E-state index is 0.0550. The van der Waals surface area contributed by atoms with Crippen LogP contribution in [0.4, 0.5) is 10.1 Å². The van der Waals surface area contributed by atoms with Crippen LogP contribution in [-0.4, -0.2) is 26.1 Å². The Morgan fingerprint density at radius 2 is 1.93 bits per heavy atom. The molecule has 0 saturated heterocycles. The summed E-state index contributed by atoms with van der Waals surface area (Å²) in [5.74, 6) is 0.501. The summed E-state index contributed by atoms with van der Waals surface area (Å²) in [7, 11) is 0. The second kappa shape index (κ2) is 9.51. The molecule has 1 aliphatic rings. The maximum absolute atomic E-state index is 13.1. The van der Waals surface area contributed by atoms with E-state index in [0.29, 0.717) is 30.0 Å². The van der Waals surface area contributed by atoms with Gasteiger partial charge in [-0.3, -0.25) is 0 Å². The van der Waals surface area contributed by atoms with Gasteiger partial charge in [0.15, 0.2) is 5.11 Å². The molecule has 4 rings (SSSR count). The van der Waals surface area contributed by atoms with E-state index in [1.807, 2.05) is 29.6 Å². The van der Waals surface area contributed by atoms with Gasteiger partial charge >= 0.3 is 0 Å². The van der Waals surface area contributed by atoms with Crippen molar-refractivity contribution in [1.82, 2.24) is 9.88 Å². The number of thiocarbonyl (C=S) groups is 1. The molecule has 1 aliphatic carbocycles. The third-order valence-corrected chi connectivity index (χ3v) is 5.95. The van der Waals surface area contributed by atoms with Gasteiger partial charge in [0.05, 0.1) is 12.3 Å². The van der Waals surface area contributed by atoms with Crippen molar-refractivity contribution in [3.8, 4) is 5.75 Å². The van der Waals surface area contributed by atoms with Crippen LogP contribution in [0.5, 0.6) is 5.75 Å². The number of halogens is 1. The van der Waals surface area contributed by atoms with Gasteiger partial charge in [-0.1, -0.05) is 12.1 Å². The molecule has 0 radical (unpaired) electrons. The van der Waals surface area contributed by atoms with Crippen molar-refractivity contribution in [1.29, 1.82) is 0 Å². The molecule has 0 unspecified atom stereocenters. The summed E-state index contributed by atoms with van der Waals surface area (Å²) in [6.07, 6.45) is 2.24. The van der Waals surface area contributed by atoms with Crippen LogP contribution in [0, 0.1) is 5.82 Å². The summed E-state index contributed by atoms with van der Waals surface area (Å²) in [4.78, 5) is 6.46. The first-order valence-electron chi connectivity index (χ1n) is 9.70. The molecule has 2 N–H and O–H groups in total. The molecule has 0 amide bonds. The number of anilines is 1. The third kappa shape index (κ3) is 5.53. The van der Waals surface area contributed by atoms with E-state index < -0.39 is 0 Å². The average molecular weight is 444 g/mol. The second-order valence-corrected chi connectivity index (χ2v) is 8.45. The molecule has 1 fully saturated rings. The number of nitrogens with zero attached hydrogens (tertiary/aromatic N) is 2. The van der Waals surface area contributed by atoms with E-state index in [-0.39, 0.29) is 12.4 Å². The lowest BCUT2D eigenvalue weighted by atomic mass is 10.2. The molecule has 156 valence electrons. The highest BCUT2D eigenvalue weighted by molar-refractivity contribution is 7.80. The van der Waals surface area contributed by atoms with Gasteiger partial charge in [0.1, 0.15) is 23.2 Å². The maximum atomic E-state index is 13.1. The number of rotatable bonds is 8. The van der Waals surface area contributed by atoms with E-state index in [9.17, 15) is 4.39 Å². The third-order valence-electron chi connectivity index (χ3n) is 4.74. The number of thiazole rings is 1. The molecule has 8 heteroatoms. The van der Waals surface area contributed by atoms with E-state index >= 15 is 0 Å². The summed E-state index contributed by atoms with van der Waals surface area (Å²) in [5, 5.41) is 15.6. The van der Waals surface area contributed by atoms with Crippen molar-refractivity contribution < 1.29 is 14.2 Å². The lowest BCUT2D eigenvalue weighted by Gasteiger charge is -2.26. The Morgan fingerprint density at radius 1 is 1.20 bits per heavy atom. The Hall–Kier alpha value is -2.55. The quantitative estimate of drug-likeness (QED) is 0.492. The summed E-state index contributed by atoms with van der Waals surface area (Å²) >= 11 is 7.09. The highest BCUT2D eigenvalue weighted by atomic mass is 32.1. The first-order valence-corrected chi connectivity index (χ1v) is 11.0. The van der Waals surface area contributed by atoms with Crippen LogP contribution in [0.1, 0.15) is 29.1 Å². The van der Waals surface area contributed by atoms with Gasteiger partial charge in [0.2, 0.25) is 0 Å². The normalized spacial score (nSPS) is 13.1. The van der Waals surface area contributed by atoms with Crippen molar-refractivity contribution in [2.45, 2.75) is 38.6 Å². The van der Waals surface area contributed by atoms with Gasteiger partial charge in [0, 0.05) is 23.7 Å². The molecule has 1 aromatic heterocycles. The summed E-state index contributed by atoms with van der Waals surface area (Å²) < 4.78 is 18.9. The van der Waals surface area contributed by atoms with Crippen molar-refractivity contribution in [3.05, 3.63) is 76.0 Å². The number of aliphatic hydroxyl groups is 1. The summed E-state index contributed by atoms with van der Waals surface area (Å²) in [5.41, 5.74) is 2.58. The Balaban J connectivity index is 1.34. The van der Waals surface area contributed by atoms with E-state index in [4.69, 9.17) is 22.1 Å². The predicted molar refractivity (Wildman–Crippen MR) is 120 cm³/mol. The molecule has 0 atom stereocenters. The van der Waals surface area contributed by atoms with Crippen molar-refractivity contribution in [3.63, 3.8) is 0 Å². The zero-order chi connectivity index (χ0) is 20.9. The molecule has 2 aromatic carbocycles. The maximum Gasteiger partial charge on any atom is 0.173 e. The van der Waals surface area contributed by atoms with E-state index in [1.165, 1.54) is 23.5 Å². The zero-order valence-electron chi connectivity index (χ0n) is 16.3. The number of hydrogen-bond donors (Lipinski definition) is 2. The van der Waals surface area contributed by atoms with Crippen LogP contribution in [-0.2, 0) is 19.8 Å². The minimum Gasteiger partial charge on any atom is -0.486 e. The molecule has 30 heavy (non-hydrogen) atoms. The van der Waals surface area contributed by atoms with E-state index in [0.717, 1.165) is 34.8 Å². The molecular formula is C22H22FN3O2S2. The summed E-state index contributed by atoms with van der Waals surface area (Å²) in [6, 6.07) is 14.6. The Morgan fingerprint density at radius 3 is 2.57 bits per heavy atom. The molecule has 0 spiro atoms. The fraction of sp³-hybridized carbons (Fsp3) is 0.273. The van der Waals surface area contributed by atoms with Crippen LogP contribution < -0.4 is 10.1 Å². The molecule has 0 aliphatic heterocycles. The number of nitrogens with one attached hydrogen (secondary N) is 1. The van der Waals surface area contributed by atoms with Gasteiger partial charge < -0.3 is 20.1 Å². The molecule has 3 aromatic rings. The van der Waals surface area contributed by atoms with Crippen LogP contribution in [0.25, 0.3) is 0 Å². The molecule has 1 saturated carbocycles. The van der Waals surface area contributed by atoms with Gasteiger partial charge in [-0.15, -0.1) is 11.3 Å². The minimum atomic E-state index is -0.267. The first kappa shape index (κ1) is 20.7. The lowest BCUT2D eigenvalue weighted by molar-refractivity contribution is 0.275. The van der Waals surface area contributed by atoms with Gasteiger partial charge in [-0.25, -0.2) is 9.37 Å². The predicted octanol–water partition coefficient (Wildman–Crippen LogP) is 4.71. The highest BCUT2D eigenvalue weighted by Gasteiger charge is 2.30. The Kier molecular flexibility index (Phi) is 6.56. The molecule has 1 heterocycles. The number of ether oxygens (including phenoxy) is 1. The van der Waals surface area contributed by atoms with Gasteiger partial charge in [-0.2, -0.15) is 0 Å². The van der Waals surface area contributed by atoms with Crippen LogP contribution in [0.15, 0.2) is 53.9 Å². The fourth-order valence-corrected chi connectivity index (χ4v) is 4.03. The molecule has 0 bridgehead atoms. The Bertz CT molecular complexity index is 988. The highest BCUT2D eigenvalue weighted by Crippen LogP contribution is 2.29. The first-order chi connectivity index (χ1) is 14.6. The number of aliphatic hydroxyl groups excluding tert-OH is 1. The summed E-state index contributed by atoms with van der Waals surface area (Å²) in [6.45, 7) is 1.02. The Labute approximate surface area is 184 Å². The van der Waals surface area contributed by atoms with Gasteiger partial charge in [-0.05, 0) is 67.0 Å². The smallest absolute Gasteiger partial charge is 0.173 e.